The van der Waals surface area contributed by atoms with E-state index < -0.39 is 0 Å². The maximum absolute atomic E-state index is 12.7. The van der Waals surface area contributed by atoms with Crippen LogP contribution in [0, 0.1) is 6.92 Å². The predicted molar refractivity (Wildman–Crippen MR) is 102 cm³/mol. The van der Waals surface area contributed by atoms with Crippen molar-refractivity contribution in [2.45, 2.75) is 33.3 Å². The molecule has 0 saturated heterocycles. The molecule has 3 nitrogen and oxygen atoms in total. The first kappa shape index (κ1) is 18.8. The van der Waals surface area contributed by atoms with Gasteiger partial charge < -0.3 is 9.47 Å². The van der Waals surface area contributed by atoms with Crippen LogP contribution in [0.1, 0.15) is 36.7 Å². The van der Waals surface area contributed by atoms with Crippen LogP contribution in [-0.4, -0.2) is 18.2 Å². The number of ether oxygens (including phenoxy) is 2. The number of benzene rings is 2. The zero-order chi connectivity index (χ0) is 17.9. The van der Waals surface area contributed by atoms with Gasteiger partial charge in [0.25, 0.3) is 0 Å². The van der Waals surface area contributed by atoms with Gasteiger partial charge >= 0.3 is 0 Å². The van der Waals surface area contributed by atoms with E-state index >= 15 is 0 Å². The van der Waals surface area contributed by atoms with Crippen LogP contribution in [0.4, 0.5) is 0 Å². The second-order valence-electron chi connectivity index (χ2n) is 6.46. The standard InChI is InChI=1S/C19H22ClO3P/c1-12-11-13(23-19(2,3)4)9-10-16(12)24-18(21)17-14(20)7-6-8-15(17)22-5/h6-11,24H,1-5H3. The average molecular weight is 365 g/mol. The van der Waals surface area contributed by atoms with Gasteiger partial charge in [-0.2, -0.15) is 0 Å². The predicted octanol–water partition coefficient (Wildman–Crippen LogP) is 4.98. The first-order chi connectivity index (χ1) is 11.2. The van der Waals surface area contributed by atoms with Crippen molar-refractivity contribution in [2.75, 3.05) is 7.11 Å². The first-order valence-corrected chi connectivity index (χ1v) is 9.02. The number of carbonyl (C=O) groups excluding carboxylic acids is 1. The van der Waals surface area contributed by atoms with E-state index in [2.05, 4.69) is 0 Å². The van der Waals surface area contributed by atoms with E-state index in [0.717, 1.165) is 16.6 Å². The molecule has 1 unspecified atom stereocenters. The molecule has 2 rings (SSSR count). The maximum Gasteiger partial charge on any atom is 0.190 e. The van der Waals surface area contributed by atoms with Crippen molar-refractivity contribution in [3.05, 3.63) is 52.5 Å². The van der Waals surface area contributed by atoms with Crippen LogP contribution in [0.2, 0.25) is 5.02 Å². The van der Waals surface area contributed by atoms with Gasteiger partial charge in [-0.15, -0.1) is 0 Å². The maximum atomic E-state index is 12.7. The second kappa shape index (κ2) is 7.55. The summed E-state index contributed by atoms with van der Waals surface area (Å²) >= 11 is 6.19. The van der Waals surface area contributed by atoms with E-state index in [1.54, 1.807) is 18.2 Å². The Balaban J connectivity index is 2.24. The van der Waals surface area contributed by atoms with E-state index in [1.165, 1.54) is 7.11 Å². The Kier molecular flexibility index (Phi) is 5.90. The Bertz CT molecular complexity index is 751. The zero-order valence-corrected chi connectivity index (χ0v) is 16.3. The molecule has 0 N–H and O–H groups in total. The van der Waals surface area contributed by atoms with Gasteiger partial charge in [-0.1, -0.05) is 23.7 Å². The Morgan fingerprint density at radius 3 is 2.46 bits per heavy atom. The van der Waals surface area contributed by atoms with E-state index in [9.17, 15) is 4.79 Å². The fourth-order valence-corrected chi connectivity index (χ4v) is 3.67. The van der Waals surface area contributed by atoms with Crippen molar-refractivity contribution in [1.29, 1.82) is 0 Å². The van der Waals surface area contributed by atoms with Gasteiger partial charge in [0.2, 0.25) is 0 Å². The fourth-order valence-electron chi connectivity index (χ4n) is 2.27. The number of hydrogen-bond donors (Lipinski definition) is 0. The summed E-state index contributed by atoms with van der Waals surface area (Å²) in [5.41, 5.74) is 1.17. The van der Waals surface area contributed by atoms with Crippen molar-refractivity contribution < 1.29 is 14.3 Å². The fraction of sp³-hybridized carbons (Fsp3) is 0.316. The number of aryl methyl sites for hydroxylation is 1. The highest BCUT2D eigenvalue weighted by molar-refractivity contribution is 7.66. The van der Waals surface area contributed by atoms with Crippen molar-refractivity contribution in [3.63, 3.8) is 0 Å². The Morgan fingerprint density at radius 2 is 1.88 bits per heavy atom. The van der Waals surface area contributed by atoms with E-state index in [1.807, 2.05) is 45.9 Å². The second-order valence-corrected chi connectivity index (χ2v) is 8.11. The van der Waals surface area contributed by atoms with E-state index in [4.69, 9.17) is 21.1 Å². The lowest BCUT2D eigenvalue weighted by atomic mass is 10.2. The molecule has 5 heteroatoms. The molecule has 0 aliphatic carbocycles. The van der Waals surface area contributed by atoms with Gasteiger partial charge in [0.15, 0.2) is 5.52 Å². The van der Waals surface area contributed by atoms with Gasteiger partial charge in [-0.3, -0.25) is 4.79 Å². The smallest absolute Gasteiger partial charge is 0.190 e. The Hall–Kier alpha value is -1.57. The molecule has 0 amide bonds. The molecule has 0 spiro atoms. The highest BCUT2D eigenvalue weighted by atomic mass is 35.5. The number of carbonyl (C=O) groups is 1. The van der Waals surface area contributed by atoms with Gasteiger partial charge in [-0.25, -0.2) is 0 Å². The molecule has 0 saturated carbocycles. The van der Waals surface area contributed by atoms with E-state index in [-0.39, 0.29) is 19.7 Å². The molecule has 2 aromatic carbocycles. The van der Waals surface area contributed by atoms with Crippen LogP contribution in [-0.2, 0) is 0 Å². The SMILES string of the molecule is COc1cccc(Cl)c1C(=O)Pc1ccc(OC(C)(C)C)cc1C. The Labute approximate surface area is 150 Å². The van der Waals surface area contributed by atoms with Crippen molar-refractivity contribution in [3.8, 4) is 11.5 Å². The molecule has 2 aromatic rings. The molecular weight excluding hydrogens is 343 g/mol. The lowest BCUT2D eigenvalue weighted by molar-refractivity contribution is 0.108. The summed E-state index contributed by atoms with van der Waals surface area (Å²) in [7, 11) is 1.51. The lowest BCUT2D eigenvalue weighted by Gasteiger charge is -2.22. The number of hydrogen-bond acceptors (Lipinski definition) is 3. The zero-order valence-electron chi connectivity index (χ0n) is 14.6. The van der Waals surface area contributed by atoms with Crippen molar-refractivity contribution in [1.82, 2.24) is 0 Å². The third kappa shape index (κ3) is 4.72. The molecule has 0 aliphatic rings. The molecule has 1 atom stereocenters. The monoisotopic (exact) mass is 364 g/mol. The highest BCUT2D eigenvalue weighted by Crippen LogP contribution is 2.33. The van der Waals surface area contributed by atoms with Gasteiger partial charge in [0, 0.05) is 0 Å². The van der Waals surface area contributed by atoms with Crippen LogP contribution in [0.5, 0.6) is 11.5 Å². The molecule has 24 heavy (non-hydrogen) atoms. The van der Waals surface area contributed by atoms with Crippen molar-refractivity contribution in [2.24, 2.45) is 0 Å². The minimum absolute atomic E-state index is 0.0241. The van der Waals surface area contributed by atoms with Crippen LogP contribution in [0.25, 0.3) is 0 Å². The molecular formula is C19H22ClO3P. The first-order valence-electron chi connectivity index (χ1n) is 7.65. The van der Waals surface area contributed by atoms with Gasteiger partial charge in [0.1, 0.15) is 17.1 Å². The Morgan fingerprint density at radius 1 is 1.17 bits per heavy atom. The summed E-state index contributed by atoms with van der Waals surface area (Å²) in [6.07, 6.45) is 0. The summed E-state index contributed by atoms with van der Waals surface area (Å²) in [6, 6.07) is 11.0. The largest absolute Gasteiger partial charge is 0.496 e. The summed E-state index contributed by atoms with van der Waals surface area (Å²) < 4.78 is 11.1. The molecule has 0 aromatic heterocycles. The van der Waals surface area contributed by atoms with Crippen LogP contribution >= 0.6 is 20.2 Å². The third-order valence-corrected chi connectivity index (χ3v) is 4.91. The summed E-state index contributed by atoms with van der Waals surface area (Å²) in [4.78, 5) is 12.7. The van der Waals surface area contributed by atoms with Gasteiger partial charge in [-0.05, 0) is 71.4 Å². The molecule has 128 valence electrons. The summed E-state index contributed by atoms with van der Waals surface area (Å²) in [6.45, 7) is 8.00. The quantitative estimate of drug-likeness (QED) is 0.702. The number of halogens is 1. The van der Waals surface area contributed by atoms with Gasteiger partial charge in [0.05, 0.1) is 17.7 Å². The topological polar surface area (TPSA) is 35.5 Å². The molecule has 0 heterocycles. The minimum Gasteiger partial charge on any atom is -0.496 e. The summed E-state index contributed by atoms with van der Waals surface area (Å²) in [5, 5.41) is 1.39. The lowest BCUT2D eigenvalue weighted by Crippen LogP contribution is -2.23. The highest BCUT2D eigenvalue weighted by Gasteiger charge is 2.18. The van der Waals surface area contributed by atoms with Crippen LogP contribution in [0.15, 0.2) is 36.4 Å². The molecule has 0 fully saturated rings. The minimum atomic E-state index is -0.253. The number of methoxy groups -OCH3 is 1. The van der Waals surface area contributed by atoms with Crippen LogP contribution in [0.3, 0.4) is 0 Å². The molecule has 0 radical (unpaired) electrons. The average Bonchev–Trinajstić information content (AvgIpc) is 2.48. The van der Waals surface area contributed by atoms with E-state index in [0.29, 0.717) is 16.3 Å². The molecule has 0 bridgehead atoms. The third-order valence-electron chi connectivity index (χ3n) is 3.29. The molecule has 0 aliphatic heterocycles. The van der Waals surface area contributed by atoms with Crippen LogP contribution < -0.4 is 14.8 Å². The summed E-state index contributed by atoms with van der Waals surface area (Å²) in [5.74, 6) is 1.31. The van der Waals surface area contributed by atoms with Crippen molar-refractivity contribution >= 4 is 31.0 Å². The normalized spacial score (nSPS) is 11.8. The number of rotatable bonds is 5.